The Kier molecular flexibility index (Phi) is 2.82. The molecule has 1 unspecified atom stereocenters. The quantitative estimate of drug-likeness (QED) is 0.789. The summed E-state index contributed by atoms with van der Waals surface area (Å²) in [6.45, 7) is -0.0173. The predicted molar refractivity (Wildman–Crippen MR) is 53.9 cm³/mol. The van der Waals surface area contributed by atoms with Gasteiger partial charge in [0.05, 0.1) is 19.4 Å². The molecule has 0 bridgehead atoms. The second-order valence-corrected chi connectivity index (χ2v) is 3.24. The van der Waals surface area contributed by atoms with E-state index in [4.69, 9.17) is 14.7 Å². The maximum Gasteiger partial charge on any atom is 0.212 e. The molecule has 5 heteroatoms. The summed E-state index contributed by atoms with van der Waals surface area (Å²) in [4.78, 5) is 9.08. The molecule has 0 radical (unpaired) electrons. The number of hydrogen-bond acceptors (Lipinski definition) is 5. The Balaban J connectivity index is 2.10. The molecule has 1 aromatic heterocycles. The van der Waals surface area contributed by atoms with Crippen LogP contribution in [0, 0.1) is 0 Å². The molecular weight excluding hydrogens is 196 g/mol. The van der Waals surface area contributed by atoms with Crippen molar-refractivity contribution >= 4 is 5.71 Å². The van der Waals surface area contributed by atoms with Crippen LogP contribution in [0.5, 0.6) is 5.88 Å². The standard InChI is InChI=1S/C10H12N2O3/c1-14-10-3-2-7(5-11-10)9-4-8(6-13)15-12-9/h2-3,5,8,13H,4,6H2,1H3. The van der Waals surface area contributed by atoms with Gasteiger partial charge in [0.2, 0.25) is 5.88 Å². The molecule has 1 N–H and O–H groups in total. The molecule has 0 fully saturated rings. The summed E-state index contributed by atoms with van der Waals surface area (Å²) >= 11 is 0. The Morgan fingerprint density at radius 1 is 1.60 bits per heavy atom. The molecule has 2 rings (SSSR count). The summed E-state index contributed by atoms with van der Waals surface area (Å²) in [5.74, 6) is 0.567. The van der Waals surface area contributed by atoms with E-state index in [1.165, 1.54) is 0 Å². The van der Waals surface area contributed by atoms with E-state index in [2.05, 4.69) is 10.1 Å². The highest BCUT2D eigenvalue weighted by atomic mass is 16.6. The monoisotopic (exact) mass is 208 g/mol. The molecule has 0 aliphatic carbocycles. The van der Waals surface area contributed by atoms with Gasteiger partial charge in [-0.05, 0) is 6.07 Å². The maximum absolute atomic E-state index is 8.88. The molecule has 0 saturated carbocycles. The molecule has 15 heavy (non-hydrogen) atoms. The van der Waals surface area contributed by atoms with E-state index in [-0.39, 0.29) is 12.7 Å². The van der Waals surface area contributed by atoms with Crippen LogP contribution >= 0.6 is 0 Å². The summed E-state index contributed by atoms with van der Waals surface area (Å²) in [7, 11) is 1.57. The number of aliphatic hydroxyl groups excluding tert-OH is 1. The minimum absolute atomic E-state index is 0.0173. The number of ether oxygens (including phenoxy) is 1. The van der Waals surface area contributed by atoms with Crippen LogP contribution in [0.25, 0.3) is 0 Å². The van der Waals surface area contributed by atoms with Crippen molar-refractivity contribution in [3.63, 3.8) is 0 Å². The summed E-state index contributed by atoms with van der Waals surface area (Å²) in [5, 5.41) is 12.8. The molecule has 1 atom stereocenters. The molecule has 1 aliphatic heterocycles. The highest BCUT2D eigenvalue weighted by Gasteiger charge is 2.21. The molecular formula is C10H12N2O3. The van der Waals surface area contributed by atoms with Gasteiger partial charge in [0.1, 0.15) is 0 Å². The first kappa shape index (κ1) is 9.92. The van der Waals surface area contributed by atoms with E-state index in [1.54, 1.807) is 19.4 Å². The lowest BCUT2D eigenvalue weighted by atomic mass is 10.1. The number of aliphatic hydroxyl groups is 1. The van der Waals surface area contributed by atoms with E-state index in [9.17, 15) is 0 Å². The van der Waals surface area contributed by atoms with Crippen molar-refractivity contribution < 1.29 is 14.7 Å². The van der Waals surface area contributed by atoms with Gasteiger partial charge < -0.3 is 14.7 Å². The van der Waals surface area contributed by atoms with Gasteiger partial charge in [-0.15, -0.1) is 0 Å². The first-order valence-electron chi connectivity index (χ1n) is 4.67. The van der Waals surface area contributed by atoms with E-state index >= 15 is 0 Å². The summed E-state index contributed by atoms with van der Waals surface area (Å²) in [6, 6.07) is 3.64. The van der Waals surface area contributed by atoms with Crippen molar-refractivity contribution in [2.75, 3.05) is 13.7 Å². The van der Waals surface area contributed by atoms with Crippen molar-refractivity contribution in [2.45, 2.75) is 12.5 Å². The first-order valence-corrected chi connectivity index (χ1v) is 4.67. The number of pyridine rings is 1. The Bertz CT molecular complexity index is 361. The highest BCUT2D eigenvalue weighted by Crippen LogP contribution is 2.17. The molecule has 5 nitrogen and oxygen atoms in total. The molecule has 80 valence electrons. The number of oxime groups is 1. The van der Waals surface area contributed by atoms with Crippen LogP contribution in [0.4, 0.5) is 0 Å². The number of methoxy groups -OCH3 is 1. The molecule has 1 aliphatic rings. The lowest BCUT2D eigenvalue weighted by Crippen LogP contribution is -2.12. The van der Waals surface area contributed by atoms with Gasteiger partial charge in [-0.25, -0.2) is 4.98 Å². The third-order valence-corrected chi connectivity index (χ3v) is 2.22. The van der Waals surface area contributed by atoms with Crippen molar-refractivity contribution in [2.24, 2.45) is 5.16 Å². The van der Waals surface area contributed by atoms with Crippen molar-refractivity contribution in [3.05, 3.63) is 23.9 Å². The minimum atomic E-state index is -0.220. The maximum atomic E-state index is 8.88. The fraction of sp³-hybridized carbons (Fsp3) is 0.400. The van der Waals surface area contributed by atoms with Crippen LogP contribution in [-0.2, 0) is 4.84 Å². The summed E-state index contributed by atoms with van der Waals surface area (Å²) in [5.41, 5.74) is 1.70. The fourth-order valence-corrected chi connectivity index (χ4v) is 1.37. The number of nitrogens with zero attached hydrogens (tertiary/aromatic N) is 2. The number of aromatic nitrogens is 1. The summed E-state index contributed by atoms with van der Waals surface area (Å²) < 4.78 is 4.95. The third kappa shape index (κ3) is 2.07. The van der Waals surface area contributed by atoms with Crippen molar-refractivity contribution in [3.8, 4) is 5.88 Å². The average Bonchev–Trinajstić information content (AvgIpc) is 2.78. The van der Waals surface area contributed by atoms with Gasteiger partial charge in [-0.2, -0.15) is 0 Å². The smallest absolute Gasteiger partial charge is 0.212 e. The Morgan fingerprint density at radius 3 is 3.00 bits per heavy atom. The largest absolute Gasteiger partial charge is 0.481 e. The van der Waals surface area contributed by atoms with Crippen molar-refractivity contribution in [1.82, 2.24) is 4.98 Å². The number of hydrogen-bond donors (Lipinski definition) is 1. The normalized spacial score (nSPS) is 19.6. The molecule has 0 aromatic carbocycles. The van der Waals surface area contributed by atoms with Gasteiger partial charge in [0, 0.05) is 24.2 Å². The Labute approximate surface area is 87.3 Å². The van der Waals surface area contributed by atoms with Gasteiger partial charge in [-0.3, -0.25) is 0 Å². The van der Waals surface area contributed by atoms with E-state index in [0.717, 1.165) is 11.3 Å². The second kappa shape index (κ2) is 4.27. The zero-order valence-corrected chi connectivity index (χ0v) is 8.38. The van der Waals surface area contributed by atoms with Crippen LogP contribution in [0.2, 0.25) is 0 Å². The molecule has 0 saturated heterocycles. The van der Waals surface area contributed by atoms with E-state index in [1.807, 2.05) is 6.07 Å². The molecule has 1 aromatic rings. The lowest BCUT2D eigenvalue weighted by Gasteiger charge is -2.02. The SMILES string of the molecule is COc1ccc(C2=NOC(CO)C2)cn1. The zero-order valence-electron chi connectivity index (χ0n) is 8.38. The van der Waals surface area contributed by atoms with E-state index < -0.39 is 0 Å². The van der Waals surface area contributed by atoms with Crippen LogP contribution in [0.3, 0.4) is 0 Å². The van der Waals surface area contributed by atoms with Gasteiger partial charge in [0.15, 0.2) is 6.10 Å². The molecule has 0 amide bonds. The number of rotatable bonds is 3. The van der Waals surface area contributed by atoms with Crippen molar-refractivity contribution in [1.29, 1.82) is 0 Å². The first-order chi connectivity index (χ1) is 7.33. The van der Waals surface area contributed by atoms with Crippen LogP contribution < -0.4 is 4.74 Å². The van der Waals surface area contributed by atoms with Crippen LogP contribution in [0.15, 0.2) is 23.5 Å². The lowest BCUT2D eigenvalue weighted by molar-refractivity contribution is 0.0390. The predicted octanol–water partition coefficient (Wildman–Crippen LogP) is 0.575. The summed E-state index contributed by atoms with van der Waals surface area (Å²) in [6.07, 6.45) is 2.08. The zero-order chi connectivity index (χ0) is 10.7. The minimum Gasteiger partial charge on any atom is -0.481 e. The van der Waals surface area contributed by atoms with Crippen LogP contribution in [0.1, 0.15) is 12.0 Å². The Hall–Kier alpha value is -1.62. The van der Waals surface area contributed by atoms with Gasteiger partial charge >= 0.3 is 0 Å². The highest BCUT2D eigenvalue weighted by molar-refractivity contribution is 6.01. The van der Waals surface area contributed by atoms with Gasteiger partial charge in [0.25, 0.3) is 0 Å². The van der Waals surface area contributed by atoms with Gasteiger partial charge in [-0.1, -0.05) is 5.16 Å². The fourth-order valence-electron chi connectivity index (χ4n) is 1.37. The molecule has 0 spiro atoms. The second-order valence-electron chi connectivity index (χ2n) is 3.24. The van der Waals surface area contributed by atoms with E-state index in [0.29, 0.717) is 12.3 Å². The molecule has 2 heterocycles. The third-order valence-electron chi connectivity index (χ3n) is 2.22. The topological polar surface area (TPSA) is 63.9 Å². The average molecular weight is 208 g/mol. The van der Waals surface area contributed by atoms with Crippen LogP contribution in [-0.4, -0.2) is 35.6 Å². The Morgan fingerprint density at radius 2 is 2.47 bits per heavy atom.